The molecule has 2 heteroatoms. The molecule has 0 aliphatic heterocycles. The minimum Gasteiger partial charge on any atom is -0.256 e. The third kappa shape index (κ3) is 2.68. The zero-order chi connectivity index (χ0) is 15.0. The summed E-state index contributed by atoms with van der Waals surface area (Å²) < 4.78 is 0. The SMILES string of the molecule is CC1CCC(C(C)(C)c2cccc3ncccc23)C(Cl)C1. The van der Waals surface area contributed by atoms with Gasteiger partial charge in [-0.05, 0) is 47.8 Å². The number of rotatable bonds is 2. The number of benzene rings is 1. The normalized spacial score (nSPS) is 27.0. The zero-order valence-corrected chi connectivity index (χ0v) is 13.9. The highest BCUT2D eigenvalue weighted by molar-refractivity contribution is 6.21. The fraction of sp³-hybridized carbons (Fsp3) is 0.526. The molecule has 3 unspecified atom stereocenters. The molecule has 1 aliphatic carbocycles. The van der Waals surface area contributed by atoms with Crippen LogP contribution in [-0.4, -0.2) is 10.4 Å². The number of halogens is 1. The average Bonchev–Trinajstić information content (AvgIpc) is 2.46. The Labute approximate surface area is 132 Å². The van der Waals surface area contributed by atoms with E-state index in [-0.39, 0.29) is 10.8 Å². The van der Waals surface area contributed by atoms with Crippen molar-refractivity contribution < 1.29 is 0 Å². The van der Waals surface area contributed by atoms with Gasteiger partial charge in [0.25, 0.3) is 0 Å². The maximum atomic E-state index is 6.75. The lowest BCUT2D eigenvalue weighted by atomic mass is 9.65. The molecule has 3 rings (SSSR count). The number of hydrogen-bond acceptors (Lipinski definition) is 1. The Morgan fingerprint density at radius 2 is 1.95 bits per heavy atom. The van der Waals surface area contributed by atoms with Crippen LogP contribution in [0.3, 0.4) is 0 Å². The predicted molar refractivity (Wildman–Crippen MR) is 90.9 cm³/mol. The third-order valence-corrected chi connectivity index (χ3v) is 5.78. The quantitative estimate of drug-likeness (QED) is 0.662. The molecule has 21 heavy (non-hydrogen) atoms. The molecule has 1 fully saturated rings. The van der Waals surface area contributed by atoms with Gasteiger partial charge >= 0.3 is 0 Å². The lowest BCUT2D eigenvalue weighted by Gasteiger charge is -2.42. The molecule has 1 aliphatic rings. The molecular formula is C19H24ClN. The van der Waals surface area contributed by atoms with Crippen molar-refractivity contribution in [2.45, 2.75) is 50.8 Å². The maximum Gasteiger partial charge on any atom is 0.0704 e. The van der Waals surface area contributed by atoms with Crippen molar-refractivity contribution in [3.05, 3.63) is 42.1 Å². The van der Waals surface area contributed by atoms with Crippen molar-refractivity contribution in [3.8, 4) is 0 Å². The lowest BCUT2D eigenvalue weighted by molar-refractivity contribution is 0.208. The molecule has 1 heterocycles. The Kier molecular flexibility index (Phi) is 3.96. The van der Waals surface area contributed by atoms with E-state index in [0.717, 1.165) is 17.9 Å². The van der Waals surface area contributed by atoms with E-state index in [9.17, 15) is 0 Å². The molecule has 0 spiro atoms. The molecule has 2 aromatic rings. The molecular weight excluding hydrogens is 278 g/mol. The first-order valence-electron chi connectivity index (χ1n) is 7.98. The van der Waals surface area contributed by atoms with Crippen molar-refractivity contribution in [2.24, 2.45) is 11.8 Å². The minimum atomic E-state index is 0.0785. The second-order valence-electron chi connectivity index (χ2n) is 7.14. The Balaban J connectivity index is 2.04. The molecule has 1 nitrogen and oxygen atoms in total. The van der Waals surface area contributed by atoms with Crippen LogP contribution in [0.2, 0.25) is 0 Å². The summed E-state index contributed by atoms with van der Waals surface area (Å²) in [5.41, 5.74) is 2.55. The van der Waals surface area contributed by atoms with E-state index in [4.69, 9.17) is 11.6 Å². The van der Waals surface area contributed by atoms with Gasteiger partial charge in [0.1, 0.15) is 0 Å². The van der Waals surface area contributed by atoms with Gasteiger partial charge in [-0.1, -0.05) is 45.4 Å². The molecule has 1 aromatic carbocycles. The van der Waals surface area contributed by atoms with Gasteiger partial charge in [0.2, 0.25) is 0 Å². The number of alkyl halides is 1. The summed E-state index contributed by atoms with van der Waals surface area (Å²) in [6, 6.07) is 10.7. The Morgan fingerprint density at radius 1 is 1.14 bits per heavy atom. The topological polar surface area (TPSA) is 12.9 Å². The van der Waals surface area contributed by atoms with E-state index in [0.29, 0.717) is 5.92 Å². The van der Waals surface area contributed by atoms with Gasteiger partial charge in [0, 0.05) is 17.0 Å². The van der Waals surface area contributed by atoms with Crippen molar-refractivity contribution in [2.75, 3.05) is 0 Å². The van der Waals surface area contributed by atoms with Crippen LogP contribution < -0.4 is 0 Å². The summed E-state index contributed by atoms with van der Waals surface area (Å²) in [5, 5.41) is 1.54. The number of hydrogen-bond donors (Lipinski definition) is 0. The van der Waals surface area contributed by atoms with Gasteiger partial charge < -0.3 is 0 Å². The number of aromatic nitrogens is 1. The fourth-order valence-corrected chi connectivity index (χ4v) is 4.73. The van der Waals surface area contributed by atoms with Gasteiger partial charge in [-0.2, -0.15) is 0 Å². The average molecular weight is 302 g/mol. The molecule has 0 amide bonds. The van der Waals surface area contributed by atoms with Crippen LogP contribution in [0.25, 0.3) is 10.9 Å². The highest BCUT2D eigenvalue weighted by atomic mass is 35.5. The molecule has 1 saturated carbocycles. The van der Waals surface area contributed by atoms with E-state index in [1.165, 1.54) is 23.8 Å². The summed E-state index contributed by atoms with van der Waals surface area (Å²) in [5.74, 6) is 1.29. The number of pyridine rings is 1. The predicted octanol–water partition coefficient (Wildman–Crippen LogP) is 5.56. The Hall–Kier alpha value is -1.08. The zero-order valence-electron chi connectivity index (χ0n) is 13.1. The summed E-state index contributed by atoms with van der Waals surface area (Å²) in [4.78, 5) is 4.50. The maximum absolute atomic E-state index is 6.75. The molecule has 3 atom stereocenters. The molecule has 0 saturated heterocycles. The van der Waals surface area contributed by atoms with Crippen molar-refractivity contribution in [1.29, 1.82) is 0 Å². The van der Waals surface area contributed by atoms with Crippen molar-refractivity contribution in [3.63, 3.8) is 0 Å². The monoisotopic (exact) mass is 301 g/mol. The van der Waals surface area contributed by atoms with Crippen molar-refractivity contribution >= 4 is 22.5 Å². The molecule has 112 valence electrons. The first kappa shape index (κ1) is 14.8. The fourth-order valence-electron chi connectivity index (χ4n) is 3.99. The third-order valence-electron chi connectivity index (χ3n) is 5.30. The van der Waals surface area contributed by atoms with Gasteiger partial charge in [-0.15, -0.1) is 11.6 Å². The standard InChI is InChI=1S/C19H24ClN/c1-13-9-10-16(17(20)12-13)19(2,3)15-7-4-8-18-14(15)6-5-11-21-18/h4-8,11,13,16-17H,9-10,12H2,1-3H3. The van der Waals surface area contributed by atoms with E-state index >= 15 is 0 Å². The Bertz CT molecular complexity index is 629. The van der Waals surface area contributed by atoms with Crippen LogP contribution >= 0.6 is 11.6 Å². The number of fused-ring (bicyclic) bond motifs is 1. The second kappa shape index (κ2) is 5.61. The van der Waals surface area contributed by atoms with Crippen LogP contribution in [-0.2, 0) is 5.41 Å². The molecule has 0 N–H and O–H groups in total. The first-order valence-corrected chi connectivity index (χ1v) is 8.42. The largest absolute Gasteiger partial charge is 0.256 e. The first-order chi connectivity index (χ1) is 10.00. The van der Waals surface area contributed by atoms with E-state index in [1.54, 1.807) is 0 Å². The van der Waals surface area contributed by atoms with Crippen LogP contribution in [0.1, 0.15) is 45.6 Å². The summed E-state index contributed by atoms with van der Waals surface area (Å²) in [6.45, 7) is 7.02. The summed E-state index contributed by atoms with van der Waals surface area (Å²) >= 11 is 6.75. The van der Waals surface area contributed by atoms with E-state index < -0.39 is 0 Å². The smallest absolute Gasteiger partial charge is 0.0704 e. The van der Waals surface area contributed by atoms with E-state index in [2.05, 4.69) is 50.0 Å². The summed E-state index contributed by atoms with van der Waals surface area (Å²) in [6.07, 6.45) is 5.52. The molecule has 1 aromatic heterocycles. The minimum absolute atomic E-state index is 0.0785. The molecule has 0 radical (unpaired) electrons. The highest BCUT2D eigenvalue weighted by Crippen LogP contribution is 2.45. The van der Waals surface area contributed by atoms with Crippen LogP contribution in [0.4, 0.5) is 0 Å². The summed E-state index contributed by atoms with van der Waals surface area (Å²) in [7, 11) is 0. The van der Waals surface area contributed by atoms with Crippen LogP contribution in [0.5, 0.6) is 0 Å². The van der Waals surface area contributed by atoms with E-state index in [1.807, 2.05) is 12.3 Å². The Morgan fingerprint density at radius 3 is 2.71 bits per heavy atom. The van der Waals surface area contributed by atoms with Gasteiger partial charge in [0.15, 0.2) is 0 Å². The second-order valence-corrected chi connectivity index (χ2v) is 7.70. The van der Waals surface area contributed by atoms with Crippen LogP contribution in [0, 0.1) is 11.8 Å². The van der Waals surface area contributed by atoms with Crippen molar-refractivity contribution in [1.82, 2.24) is 4.98 Å². The highest BCUT2D eigenvalue weighted by Gasteiger charge is 2.39. The molecule has 0 bridgehead atoms. The number of nitrogens with zero attached hydrogens (tertiary/aromatic N) is 1. The van der Waals surface area contributed by atoms with Gasteiger partial charge in [0.05, 0.1) is 5.52 Å². The van der Waals surface area contributed by atoms with Gasteiger partial charge in [-0.3, -0.25) is 4.98 Å². The van der Waals surface area contributed by atoms with Gasteiger partial charge in [-0.25, -0.2) is 0 Å². The lowest BCUT2D eigenvalue weighted by Crippen LogP contribution is -2.39. The van der Waals surface area contributed by atoms with Crippen LogP contribution in [0.15, 0.2) is 36.5 Å².